The summed E-state index contributed by atoms with van der Waals surface area (Å²) >= 11 is 1.33. The zero-order chi connectivity index (χ0) is 22.8. The molecule has 170 valence electrons. The molecular weight excluding hydrogens is 440 g/mol. The van der Waals surface area contributed by atoms with Crippen LogP contribution in [0.2, 0.25) is 0 Å². The molecule has 5 rings (SSSR count). The lowest BCUT2D eigenvalue weighted by Gasteiger charge is -2.34. The molecule has 3 heterocycles. The number of amides is 3. The lowest BCUT2D eigenvalue weighted by atomic mass is 10.1. The monoisotopic (exact) mass is 464 g/mol. The topological polar surface area (TPSA) is 95.8 Å². The number of fused-ring (bicyclic) bond motifs is 1. The number of nitrogens with zero attached hydrogens (tertiary/aromatic N) is 3. The van der Waals surface area contributed by atoms with Crippen LogP contribution in [0.1, 0.15) is 33.8 Å². The van der Waals surface area contributed by atoms with Gasteiger partial charge in [0.15, 0.2) is 5.76 Å². The van der Waals surface area contributed by atoms with Crippen molar-refractivity contribution in [2.75, 3.05) is 31.9 Å². The number of carbonyl (C=O) groups excluding carboxylic acids is 3. The van der Waals surface area contributed by atoms with Crippen molar-refractivity contribution in [1.29, 1.82) is 0 Å². The molecule has 0 spiro atoms. The zero-order valence-electron chi connectivity index (χ0n) is 18.0. The van der Waals surface area contributed by atoms with Crippen molar-refractivity contribution in [2.24, 2.45) is 0 Å². The number of piperazine rings is 1. The van der Waals surface area contributed by atoms with E-state index in [4.69, 9.17) is 4.42 Å². The fraction of sp³-hybridized carbons (Fsp3) is 0.333. The van der Waals surface area contributed by atoms with Crippen molar-refractivity contribution in [2.45, 2.75) is 23.9 Å². The molecule has 1 aliphatic heterocycles. The first-order valence-electron chi connectivity index (χ1n) is 11.0. The average molecular weight is 465 g/mol. The number of nitrogens with one attached hydrogen (secondary N) is 1. The number of benzene rings is 1. The number of hydrogen-bond donors (Lipinski definition) is 1. The highest BCUT2D eigenvalue weighted by Crippen LogP contribution is 2.26. The molecule has 8 nitrogen and oxygen atoms in total. The minimum Gasteiger partial charge on any atom is -0.459 e. The highest BCUT2D eigenvalue weighted by atomic mass is 32.2. The molecule has 0 radical (unpaired) electrons. The summed E-state index contributed by atoms with van der Waals surface area (Å²) in [5.41, 5.74) is 1.33. The van der Waals surface area contributed by atoms with Crippen LogP contribution < -0.4 is 5.32 Å². The Kier molecular flexibility index (Phi) is 6.04. The van der Waals surface area contributed by atoms with E-state index in [0.29, 0.717) is 42.5 Å². The number of para-hydroxylation sites is 1. The first kappa shape index (κ1) is 21.5. The van der Waals surface area contributed by atoms with Crippen LogP contribution in [0.3, 0.4) is 0 Å². The van der Waals surface area contributed by atoms with Gasteiger partial charge in [0, 0.05) is 37.6 Å². The minimum absolute atomic E-state index is 0.0101. The fourth-order valence-corrected chi connectivity index (χ4v) is 4.66. The Labute approximate surface area is 195 Å². The number of furan rings is 1. The maximum atomic E-state index is 12.8. The van der Waals surface area contributed by atoms with Gasteiger partial charge in [0.2, 0.25) is 5.91 Å². The summed E-state index contributed by atoms with van der Waals surface area (Å²) < 4.78 is 5.18. The van der Waals surface area contributed by atoms with Gasteiger partial charge in [-0.2, -0.15) is 0 Å². The van der Waals surface area contributed by atoms with Gasteiger partial charge in [-0.05, 0) is 37.1 Å². The molecule has 0 unspecified atom stereocenters. The van der Waals surface area contributed by atoms with Gasteiger partial charge in [-0.15, -0.1) is 0 Å². The molecule has 2 aromatic heterocycles. The van der Waals surface area contributed by atoms with Gasteiger partial charge in [-0.3, -0.25) is 14.4 Å². The van der Waals surface area contributed by atoms with Crippen molar-refractivity contribution in [3.8, 4) is 0 Å². The van der Waals surface area contributed by atoms with Crippen LogP contribution in [-0.4, -0.2) is 70.5 Å². The Balaban J connectivity index is 1.21. The van der Waals surface area contributed by atoms with Gasteiger partial charge < -0.3 is 19.5 Å². The van der Waals surface area contributed by atoms with Crippen LogP contribution in [0.15, 0.2) is 58.2 Å². The Morgan fingerprint density at radius 2 is 1.79 bits per heavy atom. The number of thioether (sulfide) groups is 1. The third kappa shape index (κ3) is 4.88. The zero-order valence-corrected chi connectivity index (χ0v) is 18.8. The van der Waals surface area contributed by atoms with Crippen molar-refractivity contribution < 1.29 is 18.8 Å². The van der Waals surface area contributed by atoms with Crippen molar-refractivity contribution >= 4 is 40.4 Å². The minimum atomic E-state index is -0.154. The molecule has 1 saturated heterocycles. The summed E-state index contributed by atoms with van der Waals surface area (Å²) in [5.74, 6) is 0.278. The van der Waals surface area contributed by atoms with Gasteiger partial charge in [-0.1, -0.05) is 30.0 Å². The summed E-state index contributed by atoms with van der Waals surface area (Å²) in [4.78, 5) is 46.0. The second-order valence-electron chi connectivity index (χ2n) is 8.21. The normalized spacial score (nSPS) is 16.1. The fourth-order valence-electron chi connectivity index (χ4n) is 3.85. The van der Waals surface area contributed by atoms with Crippen LogP contribution in [0.25, 0.3) is 10.9 Å². The largest absolute Gasteiger partial charge is 0.459 e. The number of carbonyl (C=O) groups is 3. The van der Waals surface area contributed by atoms with Crippen molar-refractivity contribution in [3.63, 3.8) is 0 Å². The van der Waals surface area contributed by atoms with E-state index in [0.717, 1.165) is 23.7 Å². The van der Waals surface area contributed by atoms with Gasteiger partial charge in [0.05, 0.1) is 28.1 Å². The van der Waals surface area contributed by atoms with E-state index in [1.54, 1.807) is 28.0 Å². The van der Waals surface area contributed by atoms with E-state index in [-0.39, 0.29) is 29.5 Å². The Morgan fingerprint density at radius 1 is 1.03 bits per heavy atom. The third-order valence-electron chi connectivity index (χ3n) is 5.84. The van der Waals surface area contributed by atoms with E-state index >= 15 is 0 Å². The molecule has 1 N–H and O–H groups in total. The molecule has 3 amide bonds. The maximum Gasteiger partial charge on any atom is 0.289 e. The average Bonchev–Trinajstić information content (AvgIpc) is 3.49. The molecule has 33 heavy (non-hydrogen) atoms. The van der Waals surface area contributed by atoms with E-state index in [2.05, 4.69) is 10.3 Å². The molecule has 0 bridgehead atoms. The second-order valence-corrected chi connectivity index (χ2v) is 9.21. The lowest BCUT2D eigenvalue weighted by Crippen LogP contribution is -2.51. The summed E-state index contributed by atoms with van der Waals surface area (Å²) in [5, 5.41) is 4.50. The predicted molar refractivity (Wildman–Crippen MR) is 124 cm³/mol. The van der Waals surface area contributed by atoms with Gasteiger partial charge in [-0.25, -0.2) is 4.98 Å². The standard InChI is InChI=1S/C24H24N4O4S/c29-22(27-9-11-28(12-10-27)24(31)20-6-3-13-32-20)15-33-21-14-18(23(30)25-16-7-8-16)17-4-1-2-5-19(17)26-21/h1-6,13-14,16H,7-12,15H2,(H,25,30). The summed E-state index contributed by atoms with van der Waals surface area (Å²) in [6.07, 6.45) is 3.52. The predicted octanol–water partition coefficient (Wildman–Crippen LogP) is 2.80. The van der Waals surface area contributed by atoms with E-state index in [1.165, 1.54) is 18.0 Å². The smallest absolute Gasteiger partial charge is 0.289 e. The van der Waals surface area contributed by atoms with Crippen molar-refractivity contribution in [3.05, 3.63) is 60.1 Å². The molecule has 9 heteroatoms. The molecule has 0 atom stereocenters. The van der Waals surface area contributed by atoms with Gasteiger partial charge >= 0.3 is 0 Å². The van der Waals surface area contributed by atoms with Crippen LogP contribution in [-0.2, 0) is 4.79 Å². The maximum absolute atomic E-state index is 12.8. The number of aromatic nitrogens is 1. The second kappa shape index (κ2) is 9.27. The number of hydrogen-bond acceptors (Lipinski definition) is 6. The summed E-state index contributed by atoms with van der Waals surface area (Å²) in [6.45, 7) is 1.89. The van der Waals surface area contributed by atoms with Crippen LogP contribution >= 0.6 is 11.8 Å². The molecule has 2 aliphatic rings. The van der Waals surface area contributed by atoms with E-state index < -0.39 is 0 Å². The highest BCUT2D eigenvalue weighted by Gasteiger charge is 2.27. The van der Waals surface area contributed by atoms with Crippen molar-refractivity contribution in [1.82, 2.24) is 20.1 Å². The molecule has 3 aromatic rings. The molecular formula is C24H24N4O4S. The summed E-state index contributed by atoms with van der Waals surface area (Å²) in [7, 11) is 0. The molecule has 1 aliphatic carbocycles. The van der Waals surface area contributed by atoms with Gasteiger partial charge in [0.25, 0.3) is 11.8 Å². The molecule has 1 aromatic carbocycles. The van der Waals surface area contributed by atoms with E-state index in [9.17, 15) is 14.4 Å². The van der Waals surface area contributed by atoms with Crippen LogP contribution in [0.4, 0.5) is 0 Å². The number of rotatable bonds is 6. The Morgan fingerprint density at radius 3 is 2.52 bits per heavy atom. The Hall–Kier alpha value is -3.33. The van der Waals surface area contributed by atoms with Gasteiger partial charge in [0.1, 0.15) is 0 Å². The lowest BCUT2D eigenvalue weighted by molar-refractivity contribution is -0.129. The quantitative estimate of drug-likeness (QED) is 0.564. The summed E-state index contributed by atoms with van der Waals surface area (Å²) in [6, 6.07) is 12.9. The SMILES string of the molecule is O=C(NC1CC1)c1cc(SCC(=O)N2CCN(C(=O)c3ccco3)CC2)nc2ccccc12. The Bertz CT molecular complexity index is 1180. The van der Waals surface area contributed by atoms with Crippen LogP contribution in [0.5, 0.6) is 0 Å². The molecule has 2 fully saturated rings. The number of pyridine rings is 1. The first-order valence-corrected chi connectivity index (χ1v) is 12.0. The third-order valence-corrected chi connectivity index (χ3v) is 6.74. The molecule has 1 saturated carbocycles. The van der Waals surface area contributed by atoms with Crippen LogP contribution in [0, 0.1) is 0 Å². The van der Waals surface area contributed by atoms with E-state index in [1.807, 2.05) is 24.3 Å². The first-order chi connectivity index (χ1) is 16.1. The highest BCUT2D eigenvalue weighted by molar-refractivity contribution is 7.99.